The van der Waals surface area contributed by atoms with Gasteiger partial charge in [0.05, 0.1) is 4.92 Å². The molecule has 0 aromatic heterocycles. The number of fused-ring (bicyclic) bond motifs is 5. The maximum absolute atomic E-state index is 10.9. The first-order valence-electron chi connectivity index (χ1n) is 11.8. The molecule has 7 atom stereocenters. The van der Waals surface area contributed by atoms with Crippen molar-refractivity contribution >= 4 is 5.69 Å². The first-order chi connectivity index (χ1) is 13.9. The van der Waals surface area contributed by atoms with Crippen LogP contribution in [0.4, 0.5) is 5.69 Å². The second-order valence-corrected chi connectivity index (χ2v) is 10.9. The predicted octanol–water partition coefficient (Wildman–Crippen LogP) is 6.78. The SMILES string of the molecule is C[C@]12CCCCC1CC[C@@H]1[C@H]2CC[C@]2(C)C(Oc3ccc([N+](=O)[O-])cc3)CC[C@@H]12. The molecule has 2 unspecified atom stereocenters. The quantitative estimate of drug-likeness (QED) is 0.417. The van der Waals surface area contributed by atoms with E-state index in [1.54, 1.807) is 24.3 Å². The Hall–Kier alpha value is -1.58. The molecule has 0 N–H and O–H groups in total. The zero-order valence-corrected chi connectivity index (χ0v) is 17.9. The van der Waals surface area contributed by atoms with Crippen LogP contribution in [0.25, 0.3) is 0 Å². The fraction of sp³-hybridized carbons (Fsp3) is 0.760. The number of nitrogens with zero attached hydrogens (tertiary/aromatic N) is 1. The van der Waals surface area contributed by atoms with Gasteiger partial charge in [0.25, 0.3) is 5.69 Å². The van der Waals surface area contributed by atoms with E-state index in [2.05, 4.69) is 13.8 Å². The highest BCUT2D eigenvalue weighted by Crippen LogP contribution is 2.66. The Labute approximate surface area is 174 Å². The van der Waals surface area contributed by atoms with Crippen molar-refractivity contribution in [3.05, 3.63) is 34.4 Å². The lowest BCUT2D eigenvalue weighted by molar-refractivity contribution is -0.384. The number of nitro benzene ring substituents is 1. The lowest BCUT2D eigenvalue weighted by Crippen LogP contribution is -2.53. The summed E-state index contributed by atoms with van der Waals surface area (Å²) in [6.45, 7) is 5.11. The summed E-state index contributed by atoms with van der Waals surface area (Å²) in [6.07, 6.45) is 14.0. The van der Waals surface area contributed by atoms with Crippen LogP contribution in [0, 0.1) is 44.6 Å². The molecule has 29 heavy (non-hydrogen) atoms. The molecule has 4 heteroatoms. The molecule has 1 aromatic rings. The van der Waals surface area contributed by atoms with Crippen molar-refractivity contribution in [3.8, 4) is 5.75 Å². The van der Waals surface area contributed by atoms with Gasteiger partial charge in [0, 0.05) is 17.5 Å². The number of ether oxygens (including phenoxy) is 1. The van der Waals surface area contributed by atoms with Crippen LogP contribution in [0.1, 0.15) is 78.1 Å². The first kappa shape index (κ1) is 19.4. The van der Waals surface area contributed by atoms with Gasteiger partial charge >= 0.3 is 0 Å². The van der Waals surface area contributed by atoms with E-state index in [9.17, 15) is 10.1 Å². The lowest BCUT2D eigenvalue weighted by Gasteiger charge is -2.60. The van der Waals surface area contributed by atoms with Gasteiger partial charge in [-0.3, -0.25) is 10.1 Å². The van der Waals surface area contributed by atoms with E-state index in [4.69, 9.17) is 4.74 Å². The molecule has 0 spiro atoms. The molecule has 4 aliphatic rings. The third-order valence-corrected chi connectivity index (χ3v) is 9.82. The molecule has 4 saturated carbocycles. The molecule has 4 fully saturated rings. The van der Waals surface area contributed by atoms with E-state index in [-0.39, 0.29) is 22.1 Å². The summed E-state index contributed by atoms with van der Waals surface area (Å²) in [5, 5.41) is 10.9. The molecule has 0 aliphatic heterocycles. The smallest absolute Gasteiger partial charge is 0.269 e. The third-order valence-electron chi connectivity index (χ3n) is 9.82. The van der Waals surface area contributed by atoms with Crippen molar-refractivity contribution in [3.63, 3.8) is 0 Å². The number of rotatable bonds is 3. The molecule has 4 aliphatic carbocycles. The average molecular weight is 398 g/mol. The summed E-state index contributed by atoms with van der Waals surface area (Å²) in [5.74, 6) is 4.32. The molecular weight excluding hydrogens is 362 g/mol. The van der Waals surface area contributed by atoms with E-state index < -0.39 is 0 Å². The Morgan fingerprint density at radius 2 is 1.66 bits per heavy atom. The highest BCUT2D eigenvalue weighted by molar-refractivity contribution is 5.36. The minimum atomic E-state index is -0.347. The van der Waals surface area contributed by atoms with E-state index in [0.717, 1.165) is 35.8 Å². The largest absolute Gasteiger partial charge is 0.490 e. The average Bonchev–Trinajstić information content (AvgIpc) is 3.04. The zero-order valence-electron chi connectivity index (χ0n) is 17.9. The normalized spacial score (nSPS) is 43.7. The number of nitro groups is 1. The predicted molar refractivity (Wildman–Crippen MR) is 114 cm³/mol. The standard InChI is InChI=1S/C25H35NO3/c1-24-15-4-3-5-17(24)6-11-20-21-12-13-23(25(21,2)16-14-22(20)24)29-19-9-7-18(8-10-19)26(27)28/h7-10,17,20-23H,3-6,11-16H2,1-2H3/t17?,20-,21-,22+,23?,24-,25-/m0/s1. The maximum atomic E-state index is 10.9. The molecule has 5 rings (SSSR count). The van der Waals surface area contributed by atoms with Crippen molar-refractivity contribution in [2.75, 3.05) is 0 Å². The first-order valence-corrected chi connectivity index (χ1v) is 11.8. The van der Waals surface area contributed by atoms with E-state index in [1.165, 1.54) is 57.8 Å². The van der Waals surface area contributed by atoms with Crippen molar-refractivity contribution in [2.24, 2.45) is 34.5 Å². The Balaban J connectivity index is 1.34. The number of non-ortho nitro benzene ring substituents is 1. The zero-order chi connectivity index (χ0) is 20.2. The second-order valence-electron chi connectivity index (χ2n) is 10.9. The van der Waals surface area contributed by atoms with Gasteiger partial charge in [-0.2, -0.15) is 0 Å². The highest BCUT2D eigenvalue weighted by atomic mass is 16.6. The van der Waals surface area contributed by atoms with Crippen LogP contribution in [0.15, 0.2) is 24.3 Å². The van der Waals surface area contributed by atoms with Gasteiger partial charge in [-0.15, -0.1) is 0 Å². The molecule has 0 amide bonds. The van der Waals surface area contributed by atoms with Gasteiger partial charge in [0.15, 0.2) is 0 Å². The summed E-state index contributed by atoms with van der Waals surface area (Å²) < 4.78 is 6.47. The van der Waals surface area contributed by atoms with Gasteiger partial charge in [-0.25, -0.2) is 0 Å². The van der Waals surface area contributed by atoms with Gasteiger partial charge in [-0.05, 0) is 92.6 Å². The molecule has 0 bridgehead atoms. The van der Waals surface area contributed by atoms with Crippen LogP contribution in [0.3, 0.4) is 0 Å². The topological polar surface area (TPSA) is 52.4 Å². The van der Waals surface area contributed by atoms with Gasteiger partial charge in [0.1, 0.15) is 11.9 Å². The minimum absolute atomic E-state index is 0.130. The monoisotopic (exact) mass is 397 g/mol. The Kier molecular flexibility index (Phi) is 4.67. The summed E-state index contributed by atoms with van der Waals surface area (Å²) in [4.78, 5) is 10.6. The van der Waals surface area contributed by atoms with Crippen molar-refractivity contribution in [1.29, 1.82) is 0 Å². The van der Waals surface area contributed by atoms with Crippen LogP contribution in [0.2, 0.25) is 0 Å². The van der Waals surface area contributed by atoms with E-state index in [0.29, 0.717) is 5.41 Å². The van der Waals surface area contributed by atoms with Crippen LogP contribution in [-0.2, 0) is 0 Å². The number of hydrogen-bond donors (Lipinski definition) is 0. The van der Waals surface area contributed by atoms with Gasteiger partial charge in [0.2, 0.25) is 0 Å². The van der Waals surface area contributed by atoms with Crippen molar-refractivity contribution in [2.45, 2.75) is 84.2 Å². The minimum Gasteiger partial charge on any atom is -0.490 e. The summed E-state index contributed by atoms with van der Waals surface area (Å²) in [5.41, 5.74) is 0.964. The molecule has 0 radical (unpaired) electrons. The Morgan fingerprint density at radius 3 is 2.41 bits per heavy atom. The molecular formula is C25H35NO3. The van der Waals surface area contributed by atoms with Crippen LogP contribution >= 0.6 is 0 Å². The number of hydrogen-bond acceptors (Lipinski definition) is 3. The van der Waals surface area contributed by atoms with Crippen molar-refractivity contribution < 1.29 is 9.66 Å². The van der Waals surface area contributed by atoms with Gasteiger partial charge < -0.3 is 4.74 Å². The highest BCUT2D eigenvalue weighted by Gasteiger charge is 2.60. The fourth-order valence-electron chi connectivity index (χ4n) is 8.25. The fourth-order valence-corrected chi connectivity index (χ4v) is 8.25. The maximum Gasteiger partial charge on any atom is 0.269 e. The summed E-state index contributed by atoms with van der Waals surface area (Å²) in [6, 6.07) is 6.67. The van der Waals surface area contributed by atoms with Gasteiger partial charge in [-0.1, -0.05) is 26.7 Å². The molecule has 158 valence electrons. The van der Waals surface area contributed by atoms with Crippen LogP contribution in [-0.4, -0.2) is 11.0 Å². The summed E-state index contributed by atoms with van der Waals surface area (Å²) >= 11 is 0. The molecule has 0 heterocycles. The third kappa shape index (κ3) is 3.00. The van der Waals surface area contributed by atoms with Crippen molar-refractivity contribution in [1.82, 2.24) is 0 Å². The van der Waals surface area contributed by atoms with E-state index in [1.807, 2.05) is 0 Å². The second kappa shape index (κ2) is 6.99. The number of benzene rings is 1. The Morgan fingerprint density at radius 1 is 0.897 bits per heavy atom. The molecule has 1 aromatic carbocycles. The Bertz CT molecular complexity index is 777. The van der Waals surface area contributed by atoms with Crippen LogP contribution in [0.5, 0.6) is 5.75 Å². The molecule has 4 nitrogen and oxygen atoms in total. The molecule has 0 saturated heterocycles. The summed E-state index contributed by atoms with van der Waals surface area (Å²) in [7, 11) is 0. The van der Waals surface area contributed by atoms with Crippen LogP contribution < -0.4 is 4.74 Å². The van der Waals surface area contributed by atoms with E-state index >= 15 is 0 Å². The lowest BCUT2D eigenvalue weighted by atomic mass is 9.45.